The number of anilines is 3. The van der Waals surface area contributed by atoms with E-state index in [9.17, 15) is 8.78 Å². The third-order valence-corrected chi connectivity index (χ3v) is 7.50. The number of pyridine rings is 2. The van der Waals surface area contributed by atoms with Crippen molar-refractivity contribution in [1.82, 2.24) is 25.3 Å². The first-order chi connectivity index (χ1) is 18.0. The predicted molar refractivity (Wildman–Crippen MR) is 141 cm³/mol. The fourth-order valence-corrected chi connectivity index (χ4v) is 5.14. The molecule has 9 heteroatoms. The number of fused-ring (bicyclic) bond motifs is 1. The van der Waals surface area contributed by atoms with Crippen molar-refractivity contribution in [2.45, 2.75) is 44.6 Å². The third-order valence-electron chi connectivity index (χ3n) is 7.50. The minimum atomic E-state index is -0.562. The SMILES string of the molecule is C[C@H]1CNCC[C@@H]1Nc1nc(-c2ccnc(Nc3cc(F)ccc3F)c2)nc2cncc(C3CCC3)c12. The van der Waals surface area contributed by atoms with Crippen LogP contribution in [0, 0.1) is 17.6 Å². The van der Waals surface area contributed by atoms with Gasteiger partial charge in [0.25, 0.3) is 0 Å². The summed E-state index contributed by atoms with van der Waals surface area (Å²) < 4.78 is 27.9. The first kappa shape index (κ1) is 23.7. The van der Waals surface area contributed by atoms with Crippen LogP contribution in [0.5, 0.6) is 0 Å². The van der Waals surface area contributed by atoms with Crippen LogP contribution in [0.3, 0.4) is 0 Å². The Morgan fingerprint density at radius 2 is 1.92 bits per heavy atom. The number of nitrogens with zero attached hydrogens (tertiary/aromatic N) is 4. The monoisotopic (exact) mass is 501 g/mol. The largest absolute Gasteiger partial charge is 0.366 e. The van der Waals surface area contributed by atoms with Crippen molar-refractivity contribution < 1.29 is 8.78 Å². The second-order valence-electron chi connectivity index (χ2n) is 10.0. The van der Waals surface area contributed by atoms with Gasteiger partial charge in [0.05, 0.1) is 17.4 Å². The molecule has 0 bridgehead atoms. The second-order valence-corrected chi connectivity index (χ2v) is 10.0. The molecule has 2 fully saturated rings. The molecule has 3 N–H and O–H groups in total. The molecule has 6 rings (SSSR count). The summed E-state index contributed by atoms with van der Waals surface area (Å²) in [5.74, 6) is 1.56. The summed E-state index contributed by atoms with van der Waals surface area (Å²) in [4.78, 5) is 18.7. The molecule has 1 aromatic carbocycles. The zero-order chi connectivity index (χ0) is 25.4. The molecule has 2 atom stereocenters. The molecule has 3 aromatic heterocycles. The summed E-state index contributed by atoms with van der Waals surface area (Å²) >= 11 is 0. The quantitative estimate of drug-likeness (QED) is 0.308. The van der Waals surface area contributed by atoms with Crippen LogP contribution in [0.1, 0.15) is 44.1 Å². The number of nitrogens with one attached hydrogen (secondary N) is 3. The van der Waals surface area contributed by atoms with E-state index >= 15 is 0 Å². The molecule has 1 saturated heterocycles. The molecule has 4 aromatic rings. The van der Waals surface area contributed by atoms with Gasteiger partial charge in [0.1, 0.15) is 23.3 Å². The van der Waals surface area contributed by atoms with Gasteiger partial charge in [-0.05, 0) is 74.0 Å². The number of rotatable bonds is 6. The Hall–Kier alpha value is -3.72. The minimum absolute atomic E-state index is 0.0145. The highest BCUT2D eigenvalue weighted by molar-refractivity contribution is 5.93. The lowest BCUT2D eigenvalue weighted by atomic mass is 9.79. The molecular formula is C28H29F2N7. The average molecular weight is 502 g/mol. The van der Waals surface area contributed by atoms with Gasteiger partial charge in [-0.2, -0.15) is 0 Å². The van der Waals surface area contributed by atoms with E-state index in [-0.39, 0.29) is 5.69 Å². The van der Waals surface area contributed by atoms with Crippen LogP contribution in [-0.2, 0) is 0 Å². The van der Waals surface area contributed by atoms with Crippen LogP contribution in [0.25, 0.3) is 22.3 Å². The number of piperidine rings is 1. The Morgan fingerprint density at radius 3 is 2.73 bits per heavy atom. The van der Waals surface area contributed by atoms with Gasteiger partial charge in [-0.15, -0.1) is 0 Å². The molecule has 1 saturated carbocycles. The maximum absolute atomic E-state index is 14.2. The summed E-state index contributed by atoms with van der Waals surface area (Å²) in [6, 6.07) is 7.11. The van der Waals surface area contributed by atoms with Crippen molar-refractivity contribution in [3.63, 3.8) is 0 Å². The van der Waals surface area contributed by atoms with E-state index in [0.717, 1.165) is 67.3 Å². The van der Waals surface area contributed by atoms with Crippen LogP contribution in [0.4, 0.5) is 26.1 Å². The highest BCUT2D eigenvalue weighted by atomic mass is 19.1. The van der Waals surface area contributed by atoms with Gasteiger partial charge in [-0.3, -0.25) is 4.98 Å². The topological polar surface area (TPSA) is 87.7 Å². The molecule has 1 aliphatic carbocycles. The van der Waals surface area contributed by atoms with Crippen LogP contribution >= 0.6 is 0 Å². The molecule has 1 aliphatic heterocycles. The number of benzene rings is 1. The number of hydrogen-bond acceptors (Lipinski definition) is 7. The van der Waals surface area contributed by atoms with Crippen LogP contribution in [0.15, 0.2) is 48.9 Å². The number of hydrogen-bond donors (Lipinski definition) is 3. The van der Waals surface area contributed by atoms with E-state index in [1.807, 2.05) is 12.3 Å². The summed E-state index contributed by atoms with van der Waals surface area (Å²) in [5.41, 5.74) is 2.73. The van der Waals surface area contributed by atoms with Crippen molar-refractivity contribution in [2.24, 2.45) is 5.92 Å². The fraction of sp³-hybridized carbons (Fsp3) is 0.357. The minimum Gasteiger partial charge on any atom is -0.366 e. The first-order valence-electron chi connectivity index (χ1n) is 12.9. The van der Waals surface area contributed by atoms with Gasteiger partial charge in [-0.25, -0.2) is 23.7 Å². The van der Waals surface area contributed by atoms with Crippen molar-refractivity contribution >= 4 is 28.2 Å². The molecule has 37 heavy (non-hydrogen) atoms. The Kier molecular flexibility index (Phi) is 6.38. The summed E-state index contributed by atoms with van der Waals surface area (Å²) in [7, 11) is 0. The molecule has 2 aliphatic rings. The van der Waals surface area contributed by atoms with E-state index in [2.05, 4.69) is 32.8 Å². The van der Waals surface area contributed by atoms with Crippen LogP contribution in [0.2, 0.25) is 0 Å². The lowest BCUT2D eigenvalue weighted by molar-refractivity contribution is 0.368. The van der Waals surface area contributed by atoms with E-state index < -0.39 is 11.6 Å². The highest BCUT2D eigenvalue weighted by Gasteiger charge is 2.27. The lowest BCUT2D eigenvalue weighted by Gasteiger charge is -2.32. The van der Waals surface area contributed by atoms with Gasteiger partial charge < -0.3 is 16.0 Å². The molecule has 0 spiro atoms. The van der Waals surface area contributed by atoms with Gasteiger partial charge in [0.15, 0.2) is 5.82 Å². The lowest BCUT2D eigenvalue weighted by Crippen LogP contribution is -2.42. The van der Waals surface area contributed by atoms with Crippen LogP contribution < -0.4 is 16.0 Å². The maximum Gasteiger partial charge on any atom is 0.162 e. The molecular weight excluding hydrogens is 472 g/mol. The van der Waals surface area contributed by atoms with Crippen molar-refractivity contribution in [3.8, 4) is 11.4 Å². The molecule has 0 amide bonds. The maximum atomic E-state index is 14.2. The fourth-order valence-electron chi connectivity index (χ4n) is 5.14. The molecule has 7 nitrogen and oxygen atoms in total. The first-order valence-corrected chi connectivity index (χ1v) is 12.9. The summed E-state index contributed by atoms with van der Waals surface area (Å²) in [6.45, 7) is 4.17. The van der Waals surface area contributed by atoms with E-state index in [4.69, 9.17) is 9.97 Å². The van der Waals surface area contributed by atoms with Gasteiger partial charge in [-0.1, -0.05) is 13.3 Å². The van der Waals surface area contributed by atoms with Crippen LogP contribution in [-0.4, -0.2) is 39.1 Å². The van der Waals surface area contributed by atoms with E-state index in [0.29, 0.717) is 35.1 Å². The second kappa shape index (κ2) is 9.97. The predicted octanol–water partition coefficient (Wildman–Crippen LogP) is 5.79. The zero-order valence-electron chi connectivity index (χ0n) is 20.6. The summed E-state index contributed by atoms with van der Waals surface area (Å²) in [6.07, 6.45) is 9.91. The van der Waals surface area contributed by atoms with Gasteiger partial charge in [0, 0.05) is 35.5 Å². The number of halogens is 2. The Balaban J connectivity index is 1.41. The summed E-state index contributed by atoms with van der Waals surface area (Å²) in [5, 5.41) is 11.1. The van der Waals surface area contributed by atoms with E-state index in [1.165, 1.54) is 12.0 Å². The Labute approximate surface area is 214 Å². The molecule has 0 unspecified atom stereocenters. The smallest absolute Gasteiger partial charge is 0.162 e. The third kappa shape index (κ3) is 4.83. The van der Waals surface area contributed by atoms with Crippen molar-refractivity contribution in [2.75, 3.05) is 23.7 Å². The van der Waals surface area contributed by atoms with Crippen molar-refractivity contribution in [1.29, 1.82) is 0 Å². The Morgan fingerprint density at radius 1 is 1.03 bits per heavy atom. The molecule has 0 radical (unpaired) electrons. The average Bonchev–Trinajstić information content (AvgIpc) is 2.87. The highest BCUT2D eigenvalue weighted by Crippen LogP contribution is 2.41. The molecule has 4 heterocycles. The standard InChI is InChI=1S/C28H29F2N7/c1-16-13-31-9-8-22(16)35-28-26-20(17-3-2-4-17)14-32-15-24(26)36-27(37-28)18-7-10-33-25(11-18)34-23-12-19(29)5-6-21(23)30/h5-7,10-12,14-17,22,31H,2-4,8-9,13H2,1H3,(H,33,34)(H,35,36,37)/t16-,22-/m0/s1. The van der Waals surface area contributed by atoms with E-state index in [1.54, 1.807) is 18.5 Å². The van der Waals surface area contributed by atoms with Crippen molar-refractivity contribution in [3.05, 3.63) is 66.1 Å². The molecule has 190 valence electrons. The van der Waals surface area contributed by atoms with Gasteiger partial charge in [0.2, 0.25) is 0 Å². The number of aromatic nitrogens is 4. The normalized spacial score (nSPS) is 20.0. The van der Waals surface area contributed by atoms with Gasteiger partial charge >= 0.3 is 0 Å². The Bertz CT molecular complexity index is 1440. The zero-order valence-corrected chi connectivity index (χ0v) is 20.6.